The van der Waals surface area contributed by atoms with Gasteiger partial charge in [0.05, 0.1) is 0 Å². The van der Waals surface area contributed by atoms with Gasteiger partial charge in [0.25, 0.3) is 6.43 Å². The molecule has 6 heteroatoms. The van der Waals surface area contributed by atoms with Crippen LogP contribution in [0.1, 0.15) is 0 Å². The van der Waals surface area contributed by atoms with Crippen LogP contribution in [0, 0.1) is 0 Å². The Morgan fingerprint density at radius 3 is 1.80 bits per heavy atom. The molecule has 0 amide bonds. The fourth-order valence-corrected chi connectivity index (χ4v) is 0.284. The third-order valence-corrected chi connectivity index (χ3v) is 0.835. The van der Waals surface area contributed by atoms with Gasteiger partial charge in [-0.3, -0.25) is 0 Å². The summed E-state index contributed by atoms with van der Waals surface area (Å²) >= 11 is 0. The van der Waals surface area contributed by atoms with Gasteiger partial charge in [-0.05, 0) is 0 Å². The van der Waals surface area contributed by atoms with E-state index in [0.29, 0.717) is 0 Å². The number of aliphatic carboxylic acids is 1. The summed E-state index contributed by atoms with van der Waals surface area (Å²) in [7, 11) is 0. The van der Waals surface area contributed by atoms with Gasteiger partial charge in [0, 0.05) is 0 Å². The summed E-state index contributed by atoms with van der Waals surface area (Å²) in [6, 6.07) is 0. The van der Waals surface area contributed by atoms with Crippen LogP contribution in [0.3, 0.4) is 0 Å². The minimum atomic E-state index is -3.24. The average molecular weight is 156 g/mol. The highest BCUT2D eigenvalue weighted by atomic mass is 19.3. The summed E-state index contributed by atoms with van der Waals surface area (Å²) in [6.07, 6.45) is -8.18. The lowest BCUT2D eigenvalue weighted by Gasteiger charge is -2.11. The molecule has 0 rings (SSSR count). The Balaban J connectivity index is 3.94. The molecule has 0 radical (unpaired) electrons. The highest BCUT2D eigenvalue weighted by Gasteiger charge is 2.30. The number of carboxylic acids is 1. The van der Waals surface area contributed by atoms with Crippen LogP contribution in [0.4, 0.5) is 8.78 Å². The number of carboxylic acid groups (broad SMARTS) is 1. The molecule has 0 spiro atoms. The molecule has 2 unspecified atom stereocenters. The molecule has 3 N–H and O–H groups in total. The topological polar surface area (TPSA) is 77.8 Å². The van der Waals surface area contributed by atoms with Gasteiger partial charge in [-0.25, -0.2) is 13.6 Å². The van der Waals surface area contributed by atoms with E-state index in [1.807, 2.05) is 0 Å². The van der Waals surface area contributed by atoms with Gasteiger partial charge in [0.2, 0.25) is 0 Å². The molecule has 0 aromatic carbocycles. The molecule has 0 saturated carbocycles. The first-order valence-corrected chi connectivity index (χ1v) is 2.34. The molecule has 10 heavy (non-hydrogen) atoms. The first kappa shape index (κ1) is 9.25. The zero-order valence-electron chi connectivity index (χ0n) is 4.74. The van der Waals surface area contributed by atoms with Gasteiger partial charge >= 0.3 is 5.97 Å². The smallest absolute Gasteiger partial charge is 0.335 e. The van der Waals surface area contributed by atoms with Gasteiger partial charge in [-0.15, -0.1) is 0 Å². The fraction of sp³-hybridized carbons (Fsp3) is 0.750. The van der Waals surface area contributed by atoms with Crippen molar-refractivity contribution in [1.29, 1.82) is 0 Å². The van der Waals surface area contributed by atoms with Crippen molar-refractivity contribution in [2.24, 2.45) is 0 Å². The van der Waals surface area contributed by atoms with Crippen LogP contribution in [0.2, 0.25) is 0 Å². The predicted octanol–water partition coefficient (Wildman–Crippen LogP) is -0.942. The van der Waals surface area contributed by atoms with E-state index in [-0.39, 0.29) is 0 Å². The summed E-state index contributed by atoms with van der Waals surface area (Å²) < 4.78 is 22.7. The van der Waals surface area contributed by atoms with E-state index in [2.05, 4.69) is 0 Å². The second kappa shape index (κ2) is 3.43. The van der Waals surface area contributed by atoms with Crippen LogP contribution in [0.15, 0.2) is 0 Å². The molecule has 0 saturated heterocycles. The van der Waals surface area contributed by atoms with E-state index >= 15 is 0 Å². The number of carbonyl (C=O) groups is 1. The van der Waals surface area contributed by atoms with Gasteiger partial charge < -0.3 is 15.3 Å². The standard InChI is InChI=1S/C4H6F2O4/c5-3(6)1(7)2(8)4(9)10/h1-3,7-8H,(H,9,10). The minimum Gasteiger partial charge on any atom is -0.479 e. The molecule has 0 aliphatic heterocycles. The molecule has 0 fully saturated rings. The number of alkyl halides is 2. The Kier molecular flexibility index (Phi) is 3.17. The Morgan fingerprint density at radius 2 is 1.70 bits per heavy atom. The molecular formula is C4H6F2O4. The second-order valence-electron chi connectivity index (χ2n) is 1.61. The Hall–Kier alpha value is -0.750. The van der Waals surface area contributed by atoms with Crippen molar-refractivity contribution < 1.29 is 28.9 Å². The molecule has 2 atom stereocenters. The van der Waals surface area contributed by atoms with Crippen molar-refractivity contribution in [3.05, 3.63) is 0 Å². The number of halogens is 2. The van der Waals surface area contributed by atoms with Crippen LogP contribution in [-0.2, 0) is 4.79 Å². The Bertz CT molecular complexity index is 126. The Labute approximate surface area is 54.7 Å². The number of aliphatic hydroxyl groups excluding tert-OH is 2. The first-order chi connectivity index (χ1) is 4.46. The Morgan fingerprint density at radius 1 is 1.30 bits per heavy atom. The van der Waals surface area contributed by atoms with Crippen molar-refractivity contribution in [2.75, 3.05) is 0 Å². The molecule has 60 valence electrons. The molecule has 0 bridgehead atoms. The van der Waals surface area contributed by atoms with E-state index in [4.69, 9.17) is 15.3 Å². The van der Waals surface area contributed by atoms with Crippen LogP contribution in [0.5, 0.6) is 0 Å². The maximum Gasteiger partial charge on any atom is 0.335 e. The maximum absolute atomic E-state index is 11.4. The third kappa shape index (κ3) is 2.24. The number of aliphatic hydroxyl groups is 2. The quantitative estimate of drug-likeness (QED) is 0.492. The molecule has 4 nitrogen and oxygen atoms in total. The zero-order chi connectivity index (χ0) is 8.31. The number of hydrogen-bond donors (Lipinski definition) is 3. The fourth-order valence-electron chi connectivity index (χ4n) is 0.284. The zero-order valence-corrected chi connectivity index (χ0v) is 4.74. The van der Waals surface area contributed by atoms with Gasteiger partial charge in [-0.1, -0.05) is 0 Å². The van der Waals surface area contributed by atoms with Gasteiger partial charge in [-0.2, -0.15) is 0 Å². The van der Waals surface area contributed by atoms with Crippen LogP contribution in [0.25, 0.3) is 0 Å². The number of rotatable bonds is 3. The first-order valence-electron chi connectivity index (χ1n) is 2.34. The van der Waals surface area contributed by atoms with E-state index in [1.165, 1.54) is 0 Å². The SMILES string of the molecule is O=C(O)C(O)C(O)C(F)F. The normalized spacial score (nSPS) is 16.9. The van der Waals surface area contributed by atoms with Crippen molar-refractivity contribution in [1.82, 2.24) is 0 Å². The van der Waals surface area contributed by atoms with E-state index in [0.717, 1.165) is 0 Å². The molecule has 0 aromatic heterocycles. The third-order valence-electron chi connectivity index (χ3n) is 0.835. The van der Waals surface area contributed by atoms with Crippen molar-refractivity contribution in [3.8, 4) is 0 Å². The van der Waals surface area contributed by atoms with E-state index in [9.17, 15) is 13.6 Å². The summed E-state index contributed by atoms with van der Waals surface area (Å²) in [5, 5.41) is 24.3. The molecule has 0 aliphatic rings. The molecule has 0 heterocycles. The van der Waals surface area contributed by atoms with Crippen LogP contribution >= 0.6 is 0 Å². The van der Waals surface area contributed by atoms with Crippen LogP contribution < -0.4 is 0 Å². The van der Waals surface area contributed by atoms with Crippen molar-refractivity contribution in [2.45, 2.75) is 18.6 Å². The highest BCUT2D eigenvalue weighted by Crippen LogP contribution is 2.04. The van der Waals surface area contributed by atoms with Crippen molar-refractivity contribution >= 4 is 5.97 Å². The van der Waals surface area contributed by atoms with Crippen molar-refractivity contribution in [3.63, 3.8) is 0 Å². The molecule has 0 aromatic rings. The van der Waals surface area contributed by atoms with Gasteiger partial charge in [0.1, 0.15) is 0 Å². The predicted molar refractivity (Wildman–Crippen MR) is 25.7 cm³/mol. The number of hydrogen-bond acceptors (Lipinski definition) is 3. The van der Waals surface area contributed by atoms with E-state index < -0.39 is 24.6 Å². The minimum absolute atomic E-state index is 1.87. The lowest BCUT2D eigenvalue weighted by molar-refractivity contribution is -0.160. The monoisotopic (exact) mass is 156 g/mol. The lowest BCUT2D eigenvalue weighted by atomic mass is 10.2. The summed E-state index contributed by atoms with van der Waals surface area (Å²) in [4.78, 5) is 9.70. The summed E-state index contributed by atoms with van der Waals surface area (Å²) in [5.41, 5.74) is 0. The van der Waals surface area contributed by atoms with Crippen LogP contribution in [-0.4, -0.2) is 39.9 Å². The largest absolute Gasteiger partial charge is 0.479 e. The summed E-state index contributed by atoms with van der Waals surface area (Å²) in [6.45, 7) is 0. The molecule has 0 aliphatic carbocycles. The lowest BCUT2D eigenvalue weighted by Crippen LogP contribution is -2.38. The highest BCUT2D eigenvalue weighted by molar-refractivity contribution is 5.72. The maximum atomic E-state index is 11.4. The summed E-state index contributed by atoms with van der Waals surface area (Å²) in [5.74, 6) is -1.87. The average Bonchev–Trinajstić information content (AvgIpc) is 1.84. The second-order valence-corrected chi connectivity index (χ2v) is 1.61. The van der Waals surface area contributed by atoms with Gasteiger partial charge in [0.15, 0.2) is 12.2 Å². The molecular weight excluding hydrogens is 150 g/mol. The van der Waals surface area contributed by atoms with E-state index in [1.54, 1.807) is 0 Å².